The van der Waals surface area contributed by atoms with Crippen LogP contribution in [0, 0.1) is 0 Å². The van der Waals surface area contributed by atoms with E-state index >= 15 is 0 Å². The maximum Gasteiger partial charge on any atom is 0.407 e. The van der Waals surface area contributed by atoms with Gasteiger partial charge in [-0.25, -0.2) is 4.79 Å². The molecule has 6 heteroatoms. The Labute approximate surface area is 136 Å². The topological polar surface area (TPSA) is 56.7 Å². The largest absolute Gasteiger partial charge is 0.465 e. The Hall–Kier alpha value is -1.82. The minimum Gasteiger partial charge on any atom is -0.465 e. The van der Waals surface area contributed by atoms with Crippen LogP contribution >= 0.6 is 15.9 Å². The minimum absolute atomic E-state index is 0.259. The van der Waals surface area contributed by atoms with Crippen molar-refractivity contribution in [3.8, 4) is 0 Å². The first-order valence-electron chi connectivity index (χ1n) is 7.44. The summed E-state index contributed by atoms with van der Waals surface area (Å²) in [7, 11) is 0. The van der Waals surface area contributed by atoms with Gasteiger partial charge in [-0.1, -0.05) is 15.9 Å². The van der Waals surface area contributed by atoms with E-state index in [1.807, 2.05) is 12.4 Å². The number of amides is 1. The van der Waals surface area contributed by atoms with Crippen LogP contribution in [0.15, 0.2) is 29.0 Å². The van der Waals surface area contributed by atoms with E-state index in [0.29, 0.717) is 13.1 Å². The molecule has 1 unspecified atom stereocenters. The molecule has 1 atom stereocenters. The average Bonchev–Trinajstić information content (AvgIpc) is 2.97. The molecule has 2 aliphatic heterocycles. The number of carboxylic acid groups (broad SMARTS) is 1. The molecule has 0 saturated carbocycles. The second kappa shape index (κ2) is 5.12. The zero-order valence-electron chi connectivity index (χ0n) is 12.0. The van der Waals surface area contributed by atoms with Crippen molar-refractivity contribution >= 4 is 38.5 Å². The zero-order valence-corrected chi connectivity index (χ0v) is 13.6. The highest BCUT2D eigenvalue weighted by Crippen LogP contribution is 2.38. The molecule has 2 aromatic rings. The number of pyridine rings is 1. The standard InChI is InChI=1S/C16H16BrN3O2/c17-12-5-11-8-18-7-10-1-4-20(14(6-12)15(10)11)13-2-3-19(9-13)16(21)22/h5-8,13H,1-4,9H2,(H,21,22). The van der Waals surface area contributed by atoms with Crippen molar-refractivity contribution in [1.29, 1.82) is 0 Å². The Morgan fingerprint density at radius 1 is 1.32 bits per heavy atom. The fraction of sp³-hybridized carbons (Fsp3) is 0.375. The van der Waals surface area contributed by atoms with E-state index in [1.165, 1.54) is 21.5 Å². The van der Waals surface area contributed by atoms with Gasteiger partial charge in [-0.3, -0.25) is 4.98 Å². The van der Waals surface area contributed by atoms with E-state index in [9.17, 15) is 9.90 Å². The van der Waals surface area contributed by atoms with Gasteiger partial charge < -0.3 is 14.9 Å². The molecule has 3 heterocycles. The normalized spacial score (nSPS) is 20.7. The first-order valence-corrected chi connectivity index (χ1v) is 8.23. The molecule has 4 rings (SSSR count). The molecule has 5 nitrogen and oxygen atoms in total. The van der Waals surface area contributed by atoms with E-state index in [2.05, 4.69) is 37.9 Å². The number of halogens is 1. The monoisotopic (exact) mass is 361 g/mol. The number of anilines is 1. The predicted molar refractivity (Wildman–Crippen MR) is 88.5 cm³/mol. The summed E-state index contributed by atoms with van der Waals surface area (Å²) in [6, 6.07) is 4.50. The van der Waals surface area contributed by atoms with Crippen LogP contribution in [0.2, 0.25) is 0 Å². The van der Waals surface area contributed by atoms with Gasteiger partial charge in [0.25, 0.3) is 0 Å². The van der Waals surface area contributed by atoms with Gasteiger partial charge in [0.1, 0.15) is 0 Å². The summed E-state index contributed by atoms with van der Waals surface area (Å²) in [5.74, 6) is 0. The van der Waals surface area contributed by atoms with E-state index in [1.54, 1.807) is 0 Å². The number of hydrogen-bond acceptors (Lipinski definition) is 3. The lowest BCUT2D eigenvalue weighted by atomic mass is 9.97. The smallest absolute Gasteiger partial charge is 0.407 e. The van der Waals surface area contributed by atoms with Crippen LogP contribution in [0.4, 0.5) is 10.5 Å². The van der Waals surface area contributed by atoms with Crippen LogP contribution in [0.1, 0.15) is 12.0 Å². The molecule has 0 aliphatic carbocycles. The first kappa shape index (κ1) is 13.8. The predicted octanol–water partition coefficient (Wildman–Crippen LogP) is 3.11. The fourth-order valence-electron chi connectivity index (χ4n) is 3.66. The average molecular weight is 362 g/mol. The highest BCUT2D eigenvalue weighted by Gasteiger charge is 2.33. The molecule has 1 N–H and O–H groups in total. The lowest BCUT2D eigenvalue weighted by molar-refractivity contribution is 0.155. The molecule has 2 aliphatic rings. The molecule has 0 bridgehead atoms. The second-order valence-electron chi connectivity index (χ2n) is 5.94. The summed E-state index contributed by atoms with van der Waals surface area (Å²) >= 11 is 3.58. The Morgan fingerprint density at radius 2 is 2.18 bits per heavy atom. The Bertz CT molecular complexity index is 764. The number of rotatable bonds is 1. The van der Waals surface area contributed by atoms with Gasteiger partial charge in [-0.05, 0) is 30.5 Å². The highest BCUT2D eigenvalue weighted by atomic mass is 79.9. The van der Waals surface area contributed by atoms with Crippen LogP contribution in [-0.2, 0) is 6.42 Å². The van der Waals surface area contributed by atoms with E-state index in [4.69, 9.17) is 0 Å². The van der Waals surface area contributed by atoms with Crippen LogP contribution in [-0.4, -0.2) is 46.8 Å². The Morgan fingerprint density at radius 3 is 2.95 bits per heavy atom. The van der Waals surface area contributed by atoms with Gasteiger partial charge in [0.05, 0.1) is 0 Å². The van der Waals surface area contributed by atoms with Gasteiger partial charge in [-0.15, -0.1) is 0 Å². The molecule has 1 saturated heterocycles. The van der Waals surface area contributed by atoms with E-state index in [0.717, 1.165) is 29.2 Å². The summed E-state index contributed by atoms with van der Waals surface area (Å²) in [4.78, 5) is 19.4. The van der Waals surface area contributed by atoms with Crippen molar-refractivity contribution in [3.05, 3.63) is 34.6 Å². The molecule has 0 radical (unpaired) electrons. The van der Waals surface area contributed by atoms with Gasteiger partial charge in [-0.2, -0.15) is 0 Å². The number of aromatic nitrogens is 1. The summed E-state index contributed by atoms with van der Waals surface area (Å²) in [5, 5.41) is 11.6. The van der Waals surface area contributed by atoms with Crippen LogP contribution in [0.5, 0.6) is 0 Å². The van der Waals surface area contributed by atoms with E-state index in [-0.39, 0.29) is 6.04 Å². The number of carbonyl (C=O) groups is 1. The Kier molecular flexibility index (Phi) is 3.22. The number of hydrogen-bond donors (Lipinski definition) is 1. The summed E-state index contributed by atoms with van der Waals surface area (Å²) in [6.45, 7) is 2.13. The molecule has 1 aromatic heterocycles. The van der Waals surface area contributed by atoms with Crippen molar-refractivity contribution in [2.45, 2.75) is 18.9 Å². The number of likely N-dealkylation sites (tertiary alicyclic amines) is 1. The summed E-state index contributed by atoms with van der Waals surface area (Å²) in [6.07, 6.45) is 4.89. The fourth-order valence-corrected chi connectivity index (χ4v) is 4.13. The third kappa shape index (κ3) is 2.13. The molecule has 22 heavy (non-hydrogen) atoms. The van der Waals surface area contributed by atoms with Crippen molar-refractivity contribution in [3.63, 3.8) is 0 Å². The molecule has 1 aromatic carbocycles. The Balaban J connectivity index is 1.77. The number of benzene rings is 1. The zero-order chi connectivity index (χ0) is 15.3. The maximum absolute atomic E-state index is 11.2. The van der Waals surface area contributed by atoms with Gasteiger partial charge in [0.15, 0.2) is 0 Å². The van der Waals surface area contributed by atoms with Crippen molar-refractivity contribution in [2.24, 2.45) is 0 Å². The van der Waals surface area contributed by atoms with Crippen LogP contribution < -0.4 is 4.90 Å². The SMILES string of the molecule is O=C(O)N1CCC(N2CCc3cncc4cc(Br)cc2c34)C1. The second-order valence-corrected chi connectivity index (χ2v) is 6.85. The lowest BCUT2D eigenvalue weighted by Gasteiger charge is -2.36. The van der Waals surface area contributed by atoms with Gasteiger partial charge >= 0.3 is 6.09 Å². The maximum atomic E-state index is 11.2. The van der Waals surface area contributed by atoms with Gasteiger partial charge in [0.2, 0.25) is 0 Å². The van der Waals surface area contributed by atoms with Crippen LogP contribution in [0.3, 0.4) is 0 Å². The third-order valence-corrected chi connectivity index (χ3v) is 5.14. The number of nitrogens with zero attached hydrogens (tertiary/aromatic N) is 3. The molecular weight excluding hydrogens is 346 g/mol. The third-order valence-electron chi connectivity index (χ3n) is 4.68. The summed E-state index contributed by atoms with van der Waals surface area (Å²) < 4.78 is 1.04. The molecule has 114 valence electrons. The van der Waals surface area contributed by atoms with Crippen LogP contribution in [0.25, 0.3) is 10.8 Å². The first-order chi connectivity index (χ1) is 10.6. The van der Waals surface area contributed by atoms with Gasteiger partial charge in [0, 0.05) is 59.0 Å². The molecule has 0 spiro atoms. The van der Waals surface area contributed by atoms with Crippen molar-refractivity contribution < 1.29 is 9.90 Å². The van der Waals surface area contributed by atoms with E-state index < -0.39 is 6.09 Å². The lowest BCUT2D eigenvalue weighted by Crippen LogP contribution is -2.41. The minimum atomic E-state index is -0.816. The summed E-state index contributed by atoms with van der Waals surface area (Å²) in [5.41, 5.74) is 2.48. The highest BCUT2D eigenvalue weighted by molar-refractivity contribution is 9.10. The molecule has 1 fully saturated rings. The quantitative estimate of drug-likeness (QED) is 0.847. The van der Waals surface area contributed by atoms with Crippen molar-refractivity contribution in [2.75, 3.05) is 24.5 Å². The molecular formula is C16H16BrN3O2. The molecule has 1 amide bonds. The van der Waals surface area contributed by atoms with Crippen molar-refractivity contribution in [1.82, 2.24) is 9.88 Å².